The molecule has 0 aliphatic rings. The predicted molar refractivity (Wildman–Crippen MR) is 82.9 cm³/mol. The lowest BCUT2D eigenvalue weighted by Crippen LogP contribution is -2.06. The fourth-order valence-electron chi connectivity index (χ4n) is 2.07. The third kappa shape index (κ3) is 3.31. The summed E-state index contributed by atoms with van der Waals surface area (Å²) in [4.78, 5) is 0. The van der Waals surface area contributed by atoms with Crippen molar-refractivity contribution in [2.75, 3.05) is 7.11 Å². The van der Waals surface area contributed by atoms with Gasteiger partial charge in [-0.2, -0.15) is 5.10 Å². The Balaban J connectivity index is 2.20. The second kappa shape index (κ2) is 6.37. The summed E-state index contributed by atoms with van der Waals surface area (Å²) < 4.78 is 12.8. The first-order valence-electron chi connectivity index (χ1n) is 6.68. The fraction of sp³-hybridized carbons (Fsp3) is 0.400. The van der Waals surface area contributed by atoms with Crippen molar-refractivity contribution in [3.63, 3.8) is 0 Å². The van der Waals surface area contributed by atoms with Crippen LogP contribution in [0.2, 0.25) is 5.15 Å². The molecule has 6 heteroatoms. The van der Waals surface area contributed by atoms with E-state index >= 15 is 0 Å². The number of ether oxygens (including phenoxy) is 2. The number of hydrogen-bond acceptors (Lipinski definition) is 4. The highest BCUT2D eigenvalue weighted by molar-refractivity contribution is 6.30. The molecule has 0 aliphatic heterocycles. The van der Waals surface area contributed by atoms with E-state index in [-0.39, 0.29) is 6.04 Å². The van der Waals surface area contributed by atoms with Gasteiger partial charge in [-0.25, -0.2) is 0 Å². The van der Waals surface area contributed by atoms with Crippen LogP contribution in [0.3, 0.4) is 0 Å². The molecular weight excluding hydrogens is 290 g/mol. The van der Waals surface area contributed by atoms with E-state index in [9.17, 15) is 0 Å². The maximum absolute atomic E-state index is 6.19. The van der Waals surface area contributed by atoms with Crippen LogP contribution in [0, 0.1) is 6.92 Å². The molecule has 2 aromatic rings. The Kier molecular flexibility index (Phi) is 4.75. The molecular formula is C15H20ClN3O2. The zero-order valence-corrected chi connectivity index (χ0v) is 13.4. The van der Waals surface area contributed by atoms with Crippen molar-refractivity contribution in [1.29, 1.82) is 0 Å². The Bertz CT molecular complexity index is 638. The van der Waals surface area contributed by atoms with Gasteiger partial charge in [-0.3, -0.25) is 4.68 Å². The molecule has 5 nitrogen and oxygen atoms in total. The minimum absolute atomic E-state index is 0.0528. The van der Waals surface area contributed by atoms with Crippen LogP contribution in [-0.2, 0) is 13.7 Å². The van der Waals surface area contributed by atoms with Gasteiger partial charge in [0, 0.05) is 18.7 Å². The standard InChI is InChI=1S/C15H20ClN3O2/c1-9(17)11-5-6-13(14(7-11)20-4)21-8-12-10(2)18-19(3)15(12)16/h5-7,9H,8,17H2,1-4H3/t9-/m0/s1. The molecule has 2 rings (SSSR count). The summed E-state index contributed by atoms with van der Waals surface area (Å²) in [5, 5.41) is 4.84. The minimum Gasteiger partial charge on any atom is -0.493 e. The van der Waals surface area contributed by atoms with Crippen molar-refractivity contribution >= 4 is 11.6 Å². The van der Waals surface area contributed by atoms with Gasteiger partial charge in [0.05, 0.1) is 12.8 Å². The van der Waals surface area contributed by atoms with E-state index < -0.39 is 0 Å². The summed E-state index contributed by atoms with van der Waals surface area (Å²) in [6.07, 6.45) is 0. The summed E-state index contributed by atoms with van der Waals surface area (Å²) in [5.74, 6) is 1.31. The Morgan fingerprint density at radius 2 is 2.10 bits per heavy atom. The SMILES string of the molecule is COc1cc([C@H](C)N)ccc1OCc1c(C)nn(C)c1Cl. The van der Waals surface area contributed by atoms with Gasteiger partial charge >= 0.3 is 0 Å². The molecule has 1 heterocycles. The maximum atomic E-state index is 6.19. The third-order valence-corrected chi connectivity index (χ3v) is 3.83. The van der Waals surface area contributed by atoms with Crippen LogP contribution in [0.1, 0.15) is 29.8 Å². The summed E-state index contributed by atoms with van der Waals surface area (Å²) >= 11 is 6.19. The van der Waals surface area contributed by atoms with Crippen molar-refractivity contribution in [2.24, 2.45) is 12.8 Å². The van der Waals surface area contributed by atoms with Gasteiger partial charge in [0.2, 0.25) is 0 Å². The lowest BCUT2D eigenvalue weighted by atomic mass is 10.1. The zero-order valence-electron chi connectivity index (χ0n) is 12.7. The normalized spacial score (nSPS) is 12.3. The number of hydrogen-bond donors (Lipinski definition) is 1. The van der Waals surface area contributed by atoms with E-state index in [2.05, 4.69) is 5.10 Å². The van der Waals surface area contributed by atoms with Gasteiger partial charge in [-0.1, -0.05) is 17.7 Å². The maximum Gasteiger partial charge on any atom is 0.161 e. The van der Waals surface area contributed by atoms with E-state index in [0.29, 0.717) is 23.3 Å². The van der Waals surface area contributed by atoms with Crippen LogP contribution in [0.15, 0.2) is 18.2 Å². The van der Waals surface area contributed by atoms with Crippen molar-refractivity contribution in [2.45, 2.75) is 26.5 Å². The number of halogens is 1. The molecule has 0 bridgehead atoms. The van der Waals surface area contributed by atoms with Crippen LogP contribution in [0.4, 0.5) is 0 Å². The Morgan fingerprint density at radius 3 is 2.62 bits per heavy atom. The molecule has 21 heavy (non-hydrogen) atoms. The summed E-state index contributed by atoms with van der Waals surface area (Å²) in [5.41, 5.74) is 8.59. The van der Waals surface area contributed by atoms with Gasteiger partial charge in [-0.05, 0) is 31.5 Å². The van der Waals surface area contributed by atoms with E-state index in [4.69, 9.17) is 26.8 Å². The van der Waals surface area contributed by atoms with Gasteiger partial charge in [-0.15, -0.1) is 0 Å². The van der Waals surface area contributed by atoms with E-state index in [1.54, 1.807) is 18.8 Å². The molecule has 1 atom stereocenters. The molecule has 0 saturated carbocycles. The highest BCUT2D eigenvalue weighted by Gasteiger charge is 2.14. The van der Waals surface area contributed by atoms with Crippen molar-refractivity contribution in [3.05, 3.63) is 40.2 Å². The molecule has 0 fully saturated rings. The predicted octanol–water partition coefficient (Wildman–Crippen LogP) is 2.99. The van der Waals surface area contributed by atoms with E-state index in [1.165, 1.54) is 0 Å². The molecule has 0 unspecified atom stereocenters. The third-order valence-electron chi connectivity index (χ3n) is 3.36. The number of nitrogens with zero attached hydrogens (tertiary/aromatic N) is 2. The molecule has 0 aliphatic carbocycles. The lowest BCUT2D eigenvalue weighted by Gasteiger charge is -2.13. The average molecular weight is 310 g/mol. The molecule has 0 saturated heterocycles. The number of methoxy groups -OCH3 is 1. The van der Waals surface area contributed by atoms with Crippen molar-refractivity contribution in [1.82, 2.24) is 9.78 Å². The smallest absolute Gasteiger partial charge is 0.161 e. The molecule has 114 valence electrons. The molecule has 0 radical (unpaired) electrons. The molecule has 2 N–H and O–H groups in total. The molecule has 1 aromatic carbocycles. The van der Waals surface area contributed by atoms with Gasteiger partial charge in [0.1, 0.15) is 11.8 Å². The van der Waals surface area contributed by atoms with E-state index in [1.807, 2.05) is 32.0 Å². The number of aromatic nitrogens is 2. The van der Waals surface area contributed by atoms with Crippen molar-refractivity contribution < 1.29 is 9.47 Å². The Morgan fingerprint density at radius 1 is 1.38 bits per heavy atom. The second-order valence-corrected chi connectivity index (χ2v) is 5.32. The van der Waals surface area contributed by atoms with Crippen LogP contribution in [0.25, 0.3) is 0 Å². The quantitative estimate of drug-likeness (QED) is 0.922. The summed E-state index contributed by atoms with van der Waals surface area (Å²) in [6.45, 7) is 4.17. The van der Waals surface area contributed by atoms with Crippen LogP contribution < -0.4 is 15.2 Å². The first-order valence-corrected chi connectivity index (χ1v) is 7.06. The first kappa shape index (κ1) is 15.7. The number of nitrogens with two attached hydrogens (primary N) is 1. The highest BCUT2D eigenvalue weighted by atomic mass is 35.5. The second-order valence-electron chi connectivity index (χ2n) is 4.97. The average Bonchev–Trinajstić information content (AvgIpc) is 2.70. The largest absolute Gasteiger partial charge is 0.493 e. The fourth-order valence-corrected chi connectivity index (χ4v) is 2.30. The lowest BCUT2D eigenvalue weighted by molar-refractivity contribution is 0.283. The first-order chi connectivity index (χ1) is 9.93. The summed E-state index contributed by atoms with van der Waals surface area (Å²) in [7, 11) is 3.41. The van der Waals surface area contributed by atoms with Gasteiger partial charge in [0.15, 0.2) is 11.5 Å². The minimum atomic E-state index is -0.0528. The monoisotopic (exact) mass is 309 g/mol. The van der Waals surface area contributed by atoms with Crippen LogP contribution in [-0.4, -0.2) is 16.9 Å². The molecule has 0 spiro atoms. The van der Waals surface area contributed by atoms with Gasteiger partial charge in [0.25, 0.3) is 0 Å². The Hall–Kier alpha value is -1.72. The number of rotatable bonds is 5. The summed E-state index contributed by atoms with van der Waals surface area (Å²) in [6, 6.07) is 5.62. The van der Waals surface area contributed by atoms with Crippen molar-refractivity contribution in [3.8, 4) is 11.5 Å². The molecule has 0 amide bonds. The topological polar surface area (TPSA) is 62.3 Å². The number of aryl methyl sites for hydroxylation is 2. The zero-order chi connectivity index (χ0) is 15.6. The molecule has 1 aromatic heterocycles. The van der Waals surface area contributed by atoms with Gasteiger partial charge < -0.3 is 15.2 Å². The van der Waals surface area contributed by atoms with E-state index in [0.717, 1.165) is 16.8 Å². The number of benzene rings is 1. The Labute approximate surface area is 129 Å². The van der Waals surface area contributed by atoms with Crippen LogP contribution >= 0.6 is 11.6 Å². The highest BCUT2D eigenvalue weighted by Crippen LogP contribution is 2.31. The van der Waals surface area contributed by atoms with Crippen LogP contribution in [0.5, 0.6) is 11.5 Å².